The minimum absolute atomic E-state index is 0.0875. The molecule has 0 saturated carbocycles. The molecule has 0 aliphatic carbocycles. The molecule has 3 rings (SSSR count). The third-order valence-corrected chi connectivity index (χ3v) is 3.33. The van der Waals surface area contributed by atoms with Crippen LogP contribution in [0.2, 0.25) is 0 Å². The van der Waals surface area contributed by atoms with E-state index in [0.717, 1.165) is 0 Å². The Kier molecular flexibility index (Phi) is 3.47. The maximum atomic E-state index is 13.3. The number of aryl methyl sites for hydroxylation is 1. The van der Waals surface area contributed by atoms with Crippen molar-refractivity contribution in [3.63, 3.8) is 0 Å². The zero-order valence-electron chi connectivity index (χ0n) is 11.7. The van der Waals surface area contributed by atoms with Gasteiger partial charge in [-0.3, -0.25) is 4.79 Å². The topological polar surface area (TPSA) is 48.3 Å². The van der Waals surface area contributed by atoms with Gasteiger partial charge >= 0.3 is 5.97 Å². The predicted molar refractivity (Wildman–Crippen MR) is 80.5 cm³/mol. The molecule has 0 N–H and O–H groups in total. The summed E-state index contributed by atoms with van der Waals surface area (Å²) in [6, 6.07) is 12.2. The van der Waals surface area contributed by atoms with Crippen LogP contribution in [0.5, 0.6) is 5.75 Å². The SMILES string of the molecule is Cn1cc(OC(=O)c2ccccc2)c(=O)c2ccc(F)cc21. The Bertz CT molecular complexity index is 916. The van der Waals surface area contributed by atoms with Crippen LogP contribution in [0, 0.1) is 5.82 Å². The van der Waals surface area contributed by atoms with Gasteiger partial charge in [0.15, 0.2) is 5.75 Å². The van der Waals surface area contributed by atoms with Gasteiger partial charge in [-0.2, -0.15) is 0 Å². The number of carbonyl (C=O) groups excluding carboxylic acids is 1. The van der Waals surface area contributed by atoms with E-state index in [0.29, 0.717) is 16.5 Å². The number of benzene rings is 2. The van der Waals surface area contributed by atoms with Gasteiger partial charge in [-0.1, -0.05) is 18.2 Å². The van der Waals surface area contributed by atoms with Crippen LogP contribution in [0.4, 0.5) is 4.39 Å². The van der Waals surface area contributed by atoms with Gasteiger partial charge < -0.3 is 9.30 Å². The second-order valence-electron chi connectivity index (χ2n) is 4.85. The van der Waals surface area contributed by atoms with Gasteiger partial charge in [-0.25, -0.2) is 9.18 Å². The van der Waals surface area contributed by atoms with E-state index < -0.39 is 17.2 Å². The van der Waals surface area contributed by atoms with Crippen LogP contribution in [0.3, 0.4) is 0 Å². The van der Waals surface area contributed by atoms with Crippen molar-refractivity contribution in [1.29, 1.82) is 0 Å². The fourth-order valence-electron chi connectivity index (χ4n) is 2.23. The van der Waals surface area contributed by atoms with Gasteiger partial charge in [-0.05, 0) is 30.3 Å². The van der Waals surface area contributed by atoms with E-state index in [4.69, 9.17) is 4.74 Å². The molecule has 2 aromatic carbocycles. The summed E-state index contributed by atoms with van der Waals surface area (Å²) in [6.45, 7) is 0. The van der Waals surface area contributed by atoms with Crippen LogP contribution >= 0.6 is 0 Å². The van der Waals surface area contributed by atoms with E-state index in [9.17, 15) is 14.0 Å². The van der Waals surface area contributed by atoms with E-state index in [-0.39, 0.29) is 5.75 Å². The Morgan fingerprint density at radius 3 is 2.59 bits per heavy atom. The fraction of sp³-hybridized carbons (Fsp3) is 0.0588. The first kappa shape index (κ1) is 14.0. The average molecular weight is 297 g/mol. The average Bonchev–Trinajstić information content (AvgIpc) is 2.53. The van der Waals surface area contributed by atoms with Crippen molar-refractivity contribution < 1.29 is 13.9 Å². The molecule has 0 spiro atoms. The van der Waals surface area contributed by atoms with Gasteiger partial charge in [-0.15, -0.1) is 0 Å². The van der Waals surface area contributed by atoms with Gasteiger partial charge in [0.05, 0.1) is 17.3 Å². The first-order valence-electron chi connectivity index (χ1n) is 6.62. The molecule has 110 valence electrons. The summed E-state index contributed by atoms with van der Waals surface area (Å²) in [5.74, 6) is -1.13. The van der Waals surface area contributed by atoms with E-state index in [1.54, 1.807) is 41.9 Å². The van der Waals surface area contributed by atoms with E-state index in [1.165, 1.54) is 24.4 Å². The number of hydrogen-bond donors (Lipinski definition) is 0. The molecule has 0 fully saturated rings. The zero-order chi connectivity index (χ0) is 15.7. The summed E-state index contributed by atoms with van der Waals surface area (Å²) < 4.78 is 20.0. The largest absolute Gasteiger partial charge is 0.417 e. The maximum absolute atomic E-state index is 13.3. The highest BCUT2D eigenvalue weighted by Crippen LogP contribution is 2.16. The van der Waals surface area contributed by atoms with Crippen molar-refractivity contribution >= 4 is 16.9 Å². The number of aromatic nitrogens is 1. The van der Waals surface area contributed by atoms with Crippen molar-refractivity contribution in [2.45, 2.75) is 0 Å². The summed E-state index contributed by atoms with van der Waals surface area (Å²) >= 11 is 0. The molecule has 0 unspecified atom stereocenters. The number of hydrogen-bond acceptors (Lipinski definition) is 3. The quantitative estimate of drug-likeness (QED) is 0.683. The van der Waals surface area contributed by atoms with Gasteiger partial charge in [0.25, 0.3) is 0 Å². The Labute approximate surface area is 125 Å². The smallest absolute Gasteiger partial charge is 0.343 e. The molecule has 3 aromatic rings. The lowest BCUT2D eigenvalue weighted by molar-refractivity contribution is 0.0732. The first-order chi connectivity index (χ1) is 10.6. The molecule has 0 aliphatic heterocycles. The van der Waals surface area contributed by atoms with Crippen LogP contribution in [-0.2, 0) is 7.05 Å². The lowest BCUT2D eigenvalue weighted by Gasteiger charge is -2.09. The van der Waals surface area contributed by atoms with Crippen molar-refractivity contribution in [1.82, 2.24) is 4.57 Å². The molecule has 1 aromatic heterocycles. The number of esters is 1. The summed E-state index contributed by atoms with van der Waals surface area (Å²) in [7, 11) is 1.65. The Balaban J connectivity index is 2.05. The molecule has 0 saturated heterocycles. The fourth-order valence-corrected chi connectivity index (χ4v) is 2.23. The minimum Gasteiger partial charge on any atom is -0.417 e. The third kappa shape index (κ3) is 2.48. The van der Waals surface area contributed by atoms with E-state index in [1.807, 2.05) is 0 Å². The molecule has 0 radical (unpaired) electrons. The molecule has 1 heterocycles. The van der Waals surface area contributed by atoms with Crippen LogP contribution in [0.25, 0.3) is 10.9 Å². The van der Waals surface area contributed by atoms with Crippen LogP contribution in [-0.4, -0.2) is 10.5 Å². The van der Waals surface area contributed by atoms with Crippen LogP contribution in [0.1, 0.15) is 10.4 Å². The summed E-state index contributed by atoms with van der Waals surface area (Å²) in [5.41, 5.74) is 0.339. The molecule has 0 bridgehead atoms. The van der Waals surface area contributed by atoms with E-state index >= 15 is 0 Å². The summed E-state index contributed by atoms with van der Waals surface area (Å²) in [6.07, 6.45) is 1.38. The normalized spacial score (nSPS) is 10.6. The third-order valence-electron chi connectivity index (χ3n) is 3.33. The highest BCUT2D eigenvalue weighted by molar-refractivity contribution is 5.91. The van der Waals surface area contributed by atoms with Crippen molar-refractivity contribution in [2.24, 2.45) is 7.05 Å². The van der Waals surface area contributed by atoms with Crippen molar-refractivity contribution in [3.05, 3.63) is 76.3 Å². The highest BCUT2D eigenvalue weighted by Gasteiger charge is 2.14. The standard InChI is InChI=1S/C17H12FNO3/c1-19-10-15(22-17(21)11-5-3-2-4-6-11)16(20)13-8-7-12(18)9-14(13)19/h2-10H,1H3. The monoisotopic (exact) mass is 297 g/mol. The van der Waals surface area contributed by atoms with Crippen molar-refractivity contribution in [2.75, 3.05) is 0 Å². The van der Waals surface area contributed by atoms with Gasteiger partial charge in [0.1, 0.15) is 5.82 Å². The molecule has 4 nitrogen and oxygen atoms in total. The van der Waals surface area contributed by atoms with Gasteiger partial charge in [0.2, 0.25) is 5.43 Å². The predicted octanol–water partition coefficient (Wildman–Crippen LogP) is 2.90. The maximum Gasteiger partial charge on any atom is 0.343 e. The summed E-state index contributed by atoms with van der Waals surface area (Å²) in [5, 5.41) is 0.294. The lowest BCUT2D eigenvalue weighted by atomic mass is 10.2. The number of nitrogens with zero attached hydrogens (tertiary/aromatic N) is 1. The Morgan fingerprint density at radius 2 is 1.86 bits per heavy atom. The zero-order valence-corrected chi connectivity index (χ0v) is 11.7. The second kappa shape index (κ2) is 5.44. The number of ether oxygens (including phenoxy) is 1. The number of halogens is 1. The number of pyridine rings is 1. The molecule has 5 heteroatoms. The number of fused-ring (bicyclic) bond motifs is 1. The first-order valence-corrected chi connectivity index (χ1v) is 6.62. The second-order valence-corrected chi connectivity index (χ2v) is 4.85. The van der Waals surface area contributed by atoms with Crippen molar-refractivity contribution in [3.8, 4) is 5.75 Å². The molecule has 0 amide bonds. The Hall–Kier alpha value is -2.95. The van der Waals surface area contributed by atoms with E-state index in [2.05, 4.69) is 0 Å². The molecule has 0 aliphatic rings. The summed E-state index contributed by atoms with van der Waals surface area (Å²) in [4.78, 5) is 24.4. The van der Waals surface area contributed by atoms with Gasteiger partial charge in [0, 0.05) is 12.4 Å². The minimum atomic E-state index is -0.612. The lowest BCUT2D eigenvalue weighted by Crippen LogP contribution is -2.17. The number of carbonyl (C=O) groups is 1. The Morgan fingerprint density at radius 1 is 1.14 bits per heavy atom. The molecule has 0 atom stereocenters. The number of rotatable bonds is 2. The molecule has 22 heavy (non-hydrogen) atoms. The van der Waals surface area contributed by atoms with Crippen LogP contribution < -0.4 is 10.2 Å². The van der Waals surface area contributed by atoms with Crippen LogP contribution in [0.15, 0.2) is 59.5 Å². The molecular weight excluding hydrogens is 285 g/mol. The molecular formula is C17H12FNO3. The highest BCUT2D eigenvalue weighted by atomic mass is 19.1.